The molecule has 0 radical (unpaired) electrons. The molecule has 1 atom stereocenters. The summed E-state index contributed by atoms with van der Waals surface area (Å²) >= 11 is 0. The summed E-state index contributed by atoms with van der Waals surface area (Å²) in [6.45, 7) is 5.03. The van der Waals surface area contributed by atoms with Crippen LogP contribution in [0.15, 0.2) is 60.2 Å². The minimum absolute atomic E-state index is 0.122. The van der Waals surface area contributed by atoms with E-state index in [-0.39, 0.29) is 12.5 Å². The fraction of sp³-hybridized carbons (Fsp3) is 0.273. The molecule has 0 unspecified atom stereocenters. The predicted octanol–water partition coefficient (Wildman–Crippen LogP) is 3.62. The van der Waals surface area contributed by atoms with Crippen LogP contribution in [0.1, 0.15) is 31.1 Å². The molecule has 1 aliphatic rings. The van der Waals surface area contributed by atoms with Gasteiger partial charge in [-0.2, -0.15) is 0 Å². The van der Waals surface area contributed by atoms with Crippen LogP contribution in [0.5, 0.6) is 5.75 Å². The Hall–Kier alpha value is -3.08. The highest BCUT2D eigenvalue weighted by Gasteiger charge is 2.30. The van der Waals surface area contributed by atoms with Crippen LogP contribution in [0.25, 0.3) is 6.08 Å². The van der Waals surface area contributed by atoms with E-state index in [1.54, 1.807) is 23.1 Å². The molecule has 0 aliphatic carbocycles. The van der Waals surface area contributed by atoms with Crippen molar-refractivity contribution in [2.24, 2.45) is 0 Å². The second-order valence-electron chi connectivity index (χ2n) is 6.20. The van der Waals surface area contributed by atoms with Gasteiger partial charge in [-0.3, -0.25) is 4.79 Å². The topological polar surface area (TPSA) is 55.8 Å². The molecule has 140 valence electrons. The summed E-state index contributed by atoms with van der Waals surface area (Å²) in [4.78, 5) is 27.3. The smallest absolute Gasteiger partial charge is 0.338 e. The number of fused-ring (bicyclic) bond motifs is 1. The molecular weight excluding hydrogens is 342 g/mol. The van der Waals surface area contributed by atoms with Crippen LogP contribution in [0.3, 0.4) is 0 Å². The summed E-state index contributed by atoms with van der Waals surface area (Å²) in [5.41, 5.74) is 1.87. The first-order chi connectivity index (χ1) is 13.1. The highest BCUT2D eigenvalue weighted by atomic mass is 16.6. The Morgan fingerprint density at radius 1 is 1.04 bits per heavy atom. The maximum Gasteiger partial charge on any atom is 0.338 e. The fourth-order valence-corrected chi connectivity index (χ4v) is 3.01. The van der Waals surface area contributed by atoms with Crippen molar-refractivity contribution >= 4 is 18.0 Å². The van der Waals surface area contributed by atoms with E-state index in [0.717, 1.165) is 11.3 Å². The molecule has 5 nitrogen and oxygen atoms in total. The molecule has 0 bridgehead atoms. The van der Waals surface area contributed by atoms with Crippen molar-refractivity contribution < 1.29 is 19.1 Å². The van der Waals surface area contributed by atoms with E-state index in [1.807, 2.05) is 56.3 Å². The molecular formula is C22H23NO4. The molecule has 0 spiro atoms. The molecule has 1 amide bonds. The predicted molar refractivity (Wildman–Crippen MR) is 103 cm³/mol. The van der Waals surface area contributed by atoms with Crippen molar-refractivity contribution in [1.82, 2.24) is 4.90 Å². The van der Waals surface area contributed by atoms with Gasteiger partial charge < -0.3 is 14.4 Å². The summed E-state index contributed by atoms with van der Waals surface area (Å²) in [6, 6.07) is 16.6. The number of esters is 1. The number of para-hydroxylation sites is 1. The molecule has 0 aromatic heterocycles. The maximum absolute atomic E-state index is 12.9. The number of carbonyl (C=O) groups excluding carboxylic acids is 2. The Morgan fingerprint density at radius 3 is 2.41 bits per heavy atom. The molecule has 0 saturated heterocycles. The average Bonchev–Trinajstić information content (AvgIpc) is 2.72. The molecule has 2 aromatic rings. The van der Waals surface area contributed by atoms with Gasteiger partial charge in [0.25, 0.3) is 5.91 Å². The van der Waals surface area contributed by atoms with Gasteiger partial charge in [-0.25, -0.2) is 4.79 Å². The fourth-order valence-electron chi connectivity index (χ4n) is 3.01. The Labute approximate surface area is 159 Å². The molecule has 27 heavy (non-hydrogen) atoms. The number of amides is 1. The molecule has 3 rings (SSSR count). The second kappa shape index (κ2) is 8.54. The molecule has 5 heteroatoms. The van der Waals surface area contributed by atoms with Crippen LogP contribution in [-0.2, 0) is 14.3 Å². The van der Waals surface area contributed by atoms with Crippen molar-refractivity contribution in [1.29, 1.82) is 0 Å². The number of hydrogen-bond acceptors (Lipinski definition) is 4. The lowest BCUT2D eigenvalue weighted by Crippen LogP contribution is -2.37. The minimum Gasteiger partial charge on any atom is -0.488 e. The van der Waals surface area contributed by atoms with Crippen LogP contribution in [-0.4, -0.2) is 36.5 Å². The van der Waals surface area contributed by atoms with Crippen molar-refractivity contribution in [3.63, 3.8) is 0 Å². The number of benzene rings is 2. The van der Waals surface area contributed by atoms with Gasteiger partial charge in [-0.1, -0.05) is 48.5 Å². The van der Waals surface area contributed by atoms with Crippen LogP contribution < -0.4 is 4.74 Å². The minimum atomic E-state index is -0.975. The number of ether oxygens (including phenoxy) is 2. The molecule has 1 aliphatic heterocycles. The Balaban J connectivity index is 1.85. The zero-order chi connectivity index (χ0) is 19.2. The van der Waals surface area contributed by atoms with E-state index in [4.69, 9.17) is 9.47 Å². The van der Waals surface area contributed by atoms with E-state index in [1.165, 1.54) is 0 Å². The SMILES string of the molecule is CCN(CC)C(=O)[C@@H](OC(=O)C1=Cc2ccccc2OC1)c1ccccc1. The van der Waals surface area contributed by atoms with E-state index >= 15 is 0 Å². The van der Waals surface area contributed by atoms with Gasteiger partial charge in [0.2, 0.25) is 6.10 Å². The second-order valence-corrected chi connectivity index (χ2v) is 6.20. The summed E-state index contributed by atoms with van der Waals surface area (Å²) in [6.07, 6.45) is 0.780. The molecule has 0 fully saturated rings. The van der Waals surface area contributed by atoms with Gasteiger partial charge in [0.05, 0.1) is 5.57 Å². The van der Waals surface area contributed by atoms with Gasteiger partial charge in [-0.15, -0.1) is 0 Å². The van der Waals surface area contributed by atoms with Crippen LogP contribution in [0.2, 0.25) is 0 Å². The quantitative estimate of drug-likeness (QED) is 0.734. The summed E-state index contributed by atoms with van der Waals surface area (Å²) in [7, 11) is 0. The van der Waals surface area contributed by atoms with Gasteiger partial charge in [0.15, 0.2) is 0 Å². The summed E-state index contributed by atoms with van der Waals surface area (Å²) in [5.74, 6) is -0.0379. The van der Waals surface area contributed by atoms with Crippen molar-refractivity contribution in [2.45, 2.75) is 20.0 Å². The lowest BCUT2D eigenvalue weighted by molar-refractivity contribution is -0.158. The van der Waals surface area contributed by atoms with Crippen molar-refractivity contribution in [2.75, 3.05) is 19.7 Å². The van der Waals surface area contributed by atoms with E-state index in [9.17, 15) is 9.59 Å². The Kier molecular flexibility index (Phi) is 5.91. The monoisotopic (exact) mass is 365 g/mol. The lowest BCUT2D eigenvalue weighted by atomic mass is 10.1. The number of hydrogen-bond donors (Lipinski definition) is 0. The number of nitrogens with zero attached hydrogens (tertiary/aromatic N) is 1. The van der Waals surface area contributed by atoms with Crippen molar-refractivity contribution in [3.8, 4) is 5.75 Å². The summed E-state index contributed by atoms with van der Waals surface area (Å²) < 4.78 is 11.3. The van der Waals surface area contributed by atoms with Gasteiger partial charge in [-0.05, 0) is 26.0 Å². The third-order valence-electron chi connectivity index (χ3n) is 4.52. The highest BCUT2D eigenvalue weighted by molar-refractivity contribution is 5.97. The first-order valence-corrected chi connectivity index (χ1v) is 9.11. The first kappa shape index (κ1) is 18.7. The zero-order valence-electron chi connectivity index (χ0n) is 15.6. The molecule has 1 heterocycles. The van der Waals surface area contributed by atoms with Gasteiger partial charge in [0, 0.05) is 24.2 Å². The lowest BCUT2D eigenvalue weighted by Gasteiger charge is -2.26. The first-order valence-electron chi connectivity index (χ1n) is 9.11. The van der Waals surface area contributed by atoms with Crippen LogP contribution in [0, 0.1) is 0 Å². The largest absolute Gasteiger partial charge is 0.488 e. The van der Waals surface area contributed by atoms with E-state index in [2.05, 4.69) is 0 Å². The maximum atomic E-state index is 12.9. The summed E-state index contributed by atoms with van der Waals surface area (Å²) in [5, 5.41) is 0. The van der Waals surface area contributed by atoms with Crippen LogP contribution >= 0.6 is 0 Å². The van der Waals surface area contributed by atoms with Crippen molar-refractivity contribution in [3.05, 3.63) is 71.3 Å². The number of carbonyl (C=O) groups is 2. The Morgan fingerprint density at radius 2 is 1.70 bits per heavy atom. The highest BCUT2D eigenvalue weighted by Crippen LogP contribution is 2.28. The number of likely N-dealkylation sites (N-methyl/N-ethyl adjacent to an activating group) is 1. The van der Waals surface area contributed by atoms with Gasteiger partial charge in [0.1, 0.15) is 12.4 Å². The molecule has 0 saturated carbocycles. The molecule has 0 N–H and O–H groups in total. The van der Waals surface area contributed by atoms with E-state index < -0.39 is 12.1 Å². The molecule has 2 aromatic carbocycles. The number of rotatable bonds is 6. The van der Waals surface area contributed by atoms with Crippen LogP contribution in [0.4, 0.5) is 0 Å². The normalized spacial score (nSPS) is 13.6. The third-order valence-corrected chi connectivity index (χ3v) is 4.52. The van der Waals surface area contributed by atoms with Gasteiger partial charge >= 0.3 is 5.97 Å². The van der Waals surface area contributed by atoms with E-state index in [0.29, 0.717) is 24.2 Å². The zero-order valence-corrected chi connectivity index (χ0v) is 15.6. The Bertz CT molecular complexity index is 840. The standard InChI is InChI=1S/C22H23NO4/c1-3-23(4-2)21(24)20(16-10-6-5-7-11-16)27-22(25)18-14-17-12-8-9-13-19(17)26-15-18/h5-14,20H,3-4,15H2,1-2H3/t20-/m0/s1. The third kappa shape index (κ3) is 4.19. The average molecular weight is 365 g/mol.